The smallest absolute Gasteiger partial charge is 0.224 e. The van der Waals surface area contributed by atoms with Gasteiger partial charge in [0.1, 0.15) is 5.54 Å². The minimum atomic E-state index is -0.993. The van der Waals surface area contributed by atoms with E-state index in [2.05, 4.69) is 28.8 Å². The zero-order valence-corrected chi connectivity index (χ0v) is 27.4. The third-order valence-corrected chi connectivity index (χ3v) is 8.75. The van der Waals surface area contributed by atoms with Crippen molar-refractivity contribution in [2.45, 2.75) is 45.6 Å². The lowest BCUT2D eigenvalue weighted by Gasteiger charge is -2.38. The minimum Gasteiger partial charge on any atom is -0.353 e. The van der Waals surface area contributed by atoms with Crippen molar-refractivity contribution in [3.8, 4) is 0 Å². The van der Waals surface area contributed by atoms with E-state index in [0.29, 0.717) is 19.8 Å². The molecule has 0 aromatic heterocycles. The molecule has 5 rings (SSSR count). The van der Waals surface area contributed by atoms with Gasteiger partial charge in [0.2, 0.25) is 11.8 Å². The third-order valence-electron chi connectivity index (χ3n) is 8.75. The molecule has 2 amide bonds. The van der Waals surface area contributed by atoms with Crippen molar-refractivity contribution in [2.24, 2.45) is 11.8 Å². The molecule has 242 valence electrons. The van der Waals surface area contributed by atoms with Crippen molar-refractivity contribution in [3.63, 3.8) is 0 Å². The van der Waals surface area contributed by atoms with E-state index < -0.39 is 23.7 Å². The van der Waals surface area contributed by atoms with E-state index in [9.17, 15) is 9.59 Å². The van der Waals surface area contributed by atoms with Crippen molar-refractivity contribution in [2.75, 3.05) is 13.2 Å². The summed E-state index contributed by atoms with van der Waals surface area (Å²) in [4.78, 5) is 28.5. The highest BCUT2D eigenvalue weighted by molar-refractivity contribution is 5.88. The van der Waals surface area contributed by atoms with Crippen LogP contribution < -0.4 is 10.6 Å². The van der Waals surface area contributed by atoms with Crippen LogP contribution in [0.25, 0.3) is 10.8 Å². The van der Waals surface area contributed by atoms with E-state index in [1.807, 2.05) is 136 Å². The first-order chi connectivity index (χ1) is 23.0. The van der Waals surface area contributed by atoms with Crippen LogP contribution in [-0.4, -0.2) is 31.3 Å². The van der Waals surface area contributed by atoms with Gasteiger partial charge in [-0.05, 0) is 46.9 Å². The zero-order chi connectivity index (χ0) is 33.1. The Bertz CT molecular complexity index is 1620. The number of rotatable bonds is 15. The maximum Gasteiger partial charge on any atom is 0.224 e. The normalized spacial score (nSPS) is 12.9. The number of hydrogen-bond acceptors (Lipinski definition) is 4. The Morgan fingerprint density at radius 2 is 1.15 bits per heavy atom. The first kappa shape index (κ1) is 33.6. The summed E-state index contributed by atoms with van der Waals surface area (Å²) in [5, 5.41) is 8.75. The second kappa shape index (κ2) is 16.2. The van der Waals surface area contributed by atoms with Gasteiger partial charge in [0, 0.05) is 32.1 Å². The average Bonchev–Trinajstić information content (AvgIpc) is 3.12. The summed E-state index contributed by atoms with van der Waals surface area (Å²) >= 11 is 0. The quantitative estimate of drug-likeness (QED) is 0.0925. The molecule has 2 N–H and O–H groups in total. The Balaban J connectivity index is 1.49. The van der Waals surface area contributed by atoms with Gasteiger partial charge in [-0.3, -0.25) is 9.59 Å². The second-order valence-electron chi connectivity index (χ2n) is 11.7. The van der Waals surface area contributed by atoms with Crippen molar-refractivity contribution < 1.29 is 19.1 Å². The number of fused-ring (bicyclic) bond motifs is 1. The van der Waals surface area contributed by atoms with Gasteiger partial charge < -0.3 is 20.1 Å². The molecule has 0 fully saturated rings. The zero-order valence-electron chi connectivity index (χ0n) is 27.4. The standard InChI is InChI=1S/C41H44N2O4/c1-4-46-40(47-5-2)30(3)37(39(45)42-29-32-20-17-19-31-18-15-16-27-36(31)32)28-38(44)43-41(33-21-9-6-10-22-33,34-23-11-7-12-24-34)35-25-13-8-14-26-35/h6-27,30,37,40H,4-5,28-29H2,1-3H3,(H,42,45)(H,43,44)/t30-,37?/m0/s1. The van der Waals surface area contributed by atoms with Crippen LogP contribution in [0.4, 0.5) is 0 Å². The average molecular weight is 629 g/mol. The van der Waals surface area contributed by atoms with Gasteiger partial charge >= 0.3 is 0 Å². The van der Waals surface area contributed by atoms with Gasteiger partial charge in [-0.15, -0.1) is 0 Å². The number of nitrogens with one attached hydrogen (secondary N) is 2. The van der Waals surface area contributed by atoms with Crippen molar-refractivity contribution >= 4 is 22.6 Å². The minimum absolute atomic E-state index is 0.0621. The molecule has 1 unspecified atom stereocenters. The van der Waals surface area contributed by atoms with E-state index in [4.69, 9.17) is 9.47 Å². The van der Waals surface area contributed by atoms with Crippen LogP contribution >= 0.6 is 0 Å². The summed E-state index contributed by atoms with van der Waals surface area (Å²) in [5.74, 6) is -1.62. The van der Waals surface area contributed by atoms with Crippen LogP contribution in [0.2, 0.25) is 0 Å². The number of amides is 2. The highest BCUT2D eigenvalue weighted by Crippen LogP contribution is 2.37. The van der Waals surface area contributed by atoms with Crippen LogP contribution in [-0.2, 0) is 31.1 Å². The molecule has 6 nitrogen and oxygen atoms in total. The molecule has 47 heavy (non-hydrogen) atoms. The number of carbonyl (C=O) groups excluding carboxylic acids is 2. The Morgan fingerprint density at radius 1 is 0.660 bits per heavy atom. The molecule has 0 saturated carbocycles. The van der Waals surface area contributed by atoms with Gasteiger partial charge in [0.25, 0.3) is 0 Å². The molecule has 5 aromatic carbocycles. The van der Waals surface area contributed by atoms with Crippen molar-refractivity contribution in [1.29, 1.82) is 0 Å². The SMILES string of the molecule is CCOC(OCC)[C@@H](C)C(CC(=O)NC(c1ccccc1)(c1ccccc1)c1ccccc1)C(=O)NCc1cccc2ccccc12. The number of carbonyl (C=O) groups is 2. The molecule has 0 spiro atoms. The molecule has 5 aromatic rings. The maximum absolute atomic E-state index is 14.4. The van der Waals surface area contributed by atoms with E-state index >= 15 is 0 Å². The molecular weight excluding hydrogens is 584 g/mol. The topological polar surface area (TPSA) is 76.7 Å². The largest absolute Gasteiger partial charge is 0.353 e. The summed E-state index contributed by atoms with van der Waals surface area (Å²) < 4.78 is 11.9. The first-order valence-electron chi connectivity index (χ1n) is 16.4. The molecule has 6 heteroatoms. The first-order valence-corrected chi connectivity index (χ1v) is 16.4. The number of ether oxygens (including phenoxy) is 2. The lowest BCUT2D eigenvalue weighted by Crippen LogP contribution is -2.50. The molecule has 0 aliphatic rings. The Hall–Kier alpha value is -4.78. The van der Waals surface area contributed by atoms with Crippen molar-refractivity contribution in [3.05, 3.63) is 156 Å². The Morgan fingerprint density at radius 3 is 1.68 bits per heavy atom. The third kappa shape index (κ3) is 7.79. The van der Waals surface area contributed by atoms with E-state index in [1.54, 1.807) is 0 Å². The molecule has 0 aliphatic carbocycles. The summed E-state index contributed by atoms with van der Waals surface area (Å²) in [6, 6.07) is 44.1. The fourth-order valence-electron chi connectivity index (χ4n) is 6.39. The highest BCUT2D eigenvalue weighted by Gasteiger charge is 2.40. The van der Waals surface area contributed by atoms with E-state index in [1.165, 1.54) is 0 Å². The van der Waals surface area contributed by atoms with Gasteiger partial charge in [-0.2, -0.15) is 0 Å². The fourth-order valence-corrected chi connectivity index (χ4v) is 6.39. The van der Waals surface area contributed by atoms with Gasteiger partial charge in [0.15, 0.2) is 6.29 Å². The van der Waals surface area contributed by atoms with Crippen LogP contribution in [0.1, 0.15) is 49.4 Å². The maximum atomic E-state index is 14.4. The van der Waals surface area contributed by atoms with Crippen LogP contribution in [0.15, 0.2) is 133 Å². The van der Waals surface area contributed by atoms with E-state index in [-0.39, 0.29) is 18.2 Å². The fraction of sp³-hybridized carbons (Fsp3) is 0.268. The lowest BCUT2D eigenvalue weighted by atomic mass is 9.76. The molecular formula is C41H44N2O4. The molecule has 0 aliphatic heterocycles. The number of hydrogen-bond donors (Lipinski definition) is 2. The van der Waals surface area contributed by atoms with Crippen molar-refractivity contribution in [1.82, 2.24) is 10.6 Å². The summed E-state index contributed by atoms with van der Waals surface area (Å²) in [7, 11) is 0. The van der Waals surface area contributed by atoms with Gasteiger partial charge in [0.05, 0.1) is 5.92 Å². The number of benzene rings is 5. The Labute approximate surface area is 278 Å². The highest BCUT2D eigenvalue weighted by atomic mass is 16.7. The van der Waals surface area contributed by atoms with Gasteiger partial charge in [-0.1, -0.05) is 140 Å². The molecule has 0 saturated heterocycles. The predicted octanol–water partition coefficient (Wildman–Crippen LogP) is 7.61. The second-order valence-corrected chi connectivity index (χ2v) is 11.7. The van der Waals surface area contributed by atoms with Crippen LogP contribution in [0, 0.1) is 11.8 Å². The molecule has 0 heterocycles. The Kier molecular flexibility index (Phi) is 11.6. The summed E-state index contributed by atoms with van der Waals surface area (Å²) in [6.45, 7) is 6.89. The molecule has 2 atom stereocenters. The summed E-state index contributed by atoms with van der Waals surface area (Å²) in [5.41, 5.74) is 2.76. The summed E-state index contributed by atoms with van der Waals surface area (Å²) in [6.07, 6.45) is -0.707. The van der Waals surface area contributed by atoms with Gasteiger partial charge in [-0.25, -0.2) is 0 Å². The van der Waals surface area contributed by atoms with E-state index in [0.717, 1.165) is 33.0 Å². The lowest BCUT2D eigenvalue weighted by molar-refractivity contribution is -0.178. The van der Waals surface area contributed by atoms with Crippen LogP contribution in [0.3, 0.4) is 0 Å². The van der Waals surface area contributed by atoms with Crippen LogP contribution in [0.5, 0.6) is 0 Å². The predicted molar refractivity (Wildman–Crippen MR) is 187 cm³/mol. The monoisotopic (exact) mass is 628 g/mol. The molecule has 0 bridgehead atoms. The molecule has 0 radical (unpaired) electrons.